The minimum Gasteiger partial charge on any atom is -0.389 e. The monoisotopic (exact) mass is 347 g/mol. The average Bonchev–Trinajstić information content (AvgIpc) is 2.61. The van der Waals surface area contributed by atoms with Crippen molar-refractivity contribution in [2.24, 2.45) is 0 Å². The smallest absolute Gasteiger partial charge is 0.225 e. The van der Waals surface area contributed by atoms with E-state index in [1.165, 1.54) is 0 Å². The Hall–Kier alpha value is -1.53. The zero-order valence-corrected chi connectivity index (χ0v) is 15.1. The third kappa shape index (κ3) is 4.76. The fourth-order valence-corrected chi connectivity index (χ4v) is 3.98. The molecule has 0 aromatic carbocycles. The average molecular weight is 347 g/mol. The zero-order chi connectivity index (χ0) is 17.7. The Morgan fingerprint density at radius 2 is 2.08 bits per heavy atom. The van der Waals surface area contributed by atoms with E-state index in [9.17, 15) is 9.90 Å². The summed E-state index contributed by atoms with van der Waals surface area (Å²) in [6, 6.07) is 0.0508. The highest BCUT2D eigenvalue weighted by Crippen LogP contribution is 2.32. The number of nitrogens with zero attached hydrogens (tertiary/aromatic N) is 3. The molecule has 0 spiro atoms. The second kappa shape index (κ2) is 8.23. The number of morpholine rings is 1. The molecule has 2 fully saturated rings. The van der Waals surface area contributed by atoms with Crippen molar-refractivity contribution in [3.63, 3.8) is 0 Å². The first kappa shape index (κ1) is 18.3. The van der Waals surface area contributed by atoms with Crippen LogP contribution in [0.2, 0.25) is 0 Å². The molecule has 138 valence electrons. The van der Waals surface area contributed by atoms with Gasteiger partial charge in [-0.25, -0.2) is 0 Å². The fraction of sp³-hybridized carbons (Fsp3) is 0.737. The van der Waals surface area contributed by atoms with E-state index in [2.05, 4.69) is 9.97 Å². The van der Waals surface area contributed by atoms with Crippen molar-refractivity contribution >= 4 is 5.91 Å². The van der Waals surface area contributed by atoms with E-state index in [1.54, 1.807) is 12.4 Å². The van der Waals surface area contributed by atoms with Crippen LogP contribution >= 0.6 is 0 Å². The number of amides is 1. The lowest BCUT2D eigenvalue weighted by Gasteiger charge is -2.39. The summed E-state index contributed by atoms with van der Waals surface area (Å²) in [5.74, 6) is 0.0635. The molecule has 1 N–H and O–H groups in total. The molecule has 2 heterocycles. The van der Waals surface area contributed by atoms with Gasteiger partial charge >= 0.3 is 0 Å². The molecule has 3 rings (SSSR count). The Morgan fingerprint density at radius 3 is 2.84 bits per heavy atom. The van der Waals surface area contributed by atoms with Gasteiger partial charge in [0, 0.05) is 18.9 Å². The molecule has 6 nitrogen and oxygen atoms in total. The quantitative estimate of drug-likeness (QED) is 0.882. The zero-order valence-electron chi connectivity index (χ0n) is 15.1. The predicted octanol–water partition coefficient (Wildman–Crippen LogP) is 2.03. The third-order valence-electron chi connectivity index (χ3n) is 5.51. The molecule has 1 saturated carbocycles. The number of carbonyl (C=O) groups excluding carboxylic acids is 1. The summed E-state index contributed by atoms with van der Waals surface area (Å²) in [5.41, 5.74) is 1.11. The normalized spacial score (nSPS) is 23.4. The lowest BCUT2D eigenvalue weighted by Crippen LogP contribution is -2.51. The minimum atomic E-state index is -0.806. The van der Waals surface area contributed by atoms with Gasteiger partial charge in [0.1, 0.15) is 0 Å². The summed E-state index contributed by atoms with van der Waals surface area (Å²) >= 11 is 0. The number of carbonyl (C=O) groups is 1. The van der Waals surface area contributed by atoms with Crippen LogP contribution in [0, 0.1) is 6.92 Å². The van der Waals surface area contributed by atoms with E-state index >= 15 is 0 Å². The SMILES string of the molecule is Cc1nccnc1CCC1COCCN1C(=O)CC1(O)CCCCC1. The second-order valence-corrected chi connectivity index (χ2v) is 7.40. The van der Waals surface area contributed by atoms with E-state index in [4.69, 9.17) is 4.74 Å². The molecule has 1 aliphatic carbocycles. The van der Waals surface area contributed by atoms with Crippen molar-refractivity contribution in [2.75, 3.05) is 19.8 Å². The van der Waals surface area contributed by atoms with Crippen molar-refractivity contribution in [1.82, 2.24) is 14.9 Å². The van der Waals surface area contributed by atoms with E-state index in [0.717, 1.165) is 56.3 Å². The number of aryl methyl sites for hydroxylation is 2. The van der Waals surface area contributed by atoms with Gasteiger partial charge in [0.2, 0.25) is 5.91 Å². The largest absolute Gasteiger partial charge is 0.389 e. The van der Waals surface area contributed by atoms with E-state index in [-0.39, 0.29) is 18.4 Å². The Morgan fingerprint density at radius 1 is 1.32 bits per heavy atom. The van der Waals surface area contributed by atoms with Gasteiger partial charge in [0.05, 0.1) is 42.7 Å². The maximum absolute atomic E-state index is 12.8. The maximum Gasteiger partial charge on any atom is 0.225 e. The van der Waals surface area contributed by atoms with Crippen LogP contribution in [-0.4, -0.2) is 57.3 Å². The lowest BCUT2D eigenvalue weighted by atomic mass is 9.82. The number of hydrogen-bond donors (Lipinski definition) is 1. The summed E-state index contributed by atoms with van der Waals surface area (Å²) < 4.78 is 5.60. The molecule has 2 aliphatic rings. The van der Waals surface area contributed by atoms with Crippen molar-refractivity contribution in [3.05, 3.63) is 23.8 Å². The number of rotatable bonds is 5. The predicted molar refractivity (Wildman–Crippen MR) is 94.1 cm³/mol. The number of hydrogen-bond acceptors (Lipinski definition) is 5. The van der Waals surface area contributed by atoms with Crippen LogP contribution in [0.25, 0.3) is 0 Å². The van der Waals surface area contributed by atoms with Crippen LogP contribution in [0.5, 0.6) is 0 Å². The highest BCUT2D eigenvalue weighted by atomic mass is 16.5. The minimum absolute atomic E-state index is 0.0508. The Bertz CT molecular complexity index is 587. The Kier molecular flexibility index (Phi) is 6.02. The first-order chi connectivity index (χ1) is 12.1. The van der Waals surface area contributed by atoms with Crippen molar-refractivity contribution in [2.45, 2.75) is 69.9 Å². The summed E-state index contributed by atoms with van der Waals surface area (Å²) in [4.78, 5) is 23.4. The van der Waals surface area contributed by atoms with Gasteiger partial charge in [-0.15, -0.1) is 0 Å². The van der Waals surface area contributed by atoms with E-state index in [1.807, 2.05) is 11.8 Å². The highest BCUT2D eigenvalue weighted by Gasteiger charge is 2.36. The molecule has 1 atom stereocenters. The Balaban J connectivity index is 1.60. The van der Waals surface area contributed by atoms with Crippen LogP contribution in [-0.2, 0) is 16.0 Å². The van der Waals surface area contributed by atoms with E-state index < -0.39 is 5.60 Å². The van der Waals surface area contributed by atoms with Crippen molar-refractivity contribution in [3.8, 4) is 0 Å². The van der Waals surface area contributed by atoms with Crippen molar-refractivity contribution in [1.29, 1.82) is 0 Å². The van der Waals surface area contributed by atoms with Gasteiger partial charge in [-0.2, -0.15) is 0 Å². The van der Waals surface area contributed by atoms with Gasteiger partial charge in [0.25, 0.3) is 0 Å². The molecule has 0 bridgehead atoms. The molecule has 1 aliphatic heterocycles. The number of aliphatic hydroxyl groups is 1. The van der Waals surface area contributed by atoms with E-state index in [0.29, 0.717) is 19.8 Å². The van der Waals surface area contributed by atoms with Crippen LogP contribution in [0.4, 0.5) is 0 Å². The van der Waals surface area contributed by atoms with Crippen LogP contribution in [0.3, 0.4) is 0 Å². The molecule has 1 aromatic heterocycles. The molecule has 1 amide bonds. The van der Waals surface area contributed by atoms with Gasteiger partial charge in [-0.05, 0) is 32.6 Å². The summed E-state index contributed by atoms with van der Waals surface area (Å²) in [6.07, 6.45) is 9.92. The lowest BCUT2D eigenvalue weighted by molar-refractivity contribution is -0.146. The molecule has 6 heteroatoms. The van der Waals surface area contributed by atoms with Gasteiger partial charge in [-0.3, -0.25) is 14.8 Å². The third-order valence-corrected chi connectivity index (χ3v) is 5.51. The molecule has 25 heavy (non-hydrogen) atoms. The van der Waals surface area contributed by atoms with Crippen LogP contribution in [0.15, 0.2) is 12.4 Å². The molecule has 1 saturated heterocycles. The van der Waals surface area contributed by atoms with Crippen LogP contribution < -0.4 is 0 Å². The topological polar surface area (TPSA) is 75.6 Å². The number of ether oxygens (including phenoxy) is 1. The standard InChI is InChI=1S/C19H29N3O3/c1-15-17(21-10-9-20-15)6-5-16-14-25-12-11-22(16)18(23)13-19(24)7-3-2-4-8-19/h9-10,16,24H,2-8,11-14H2,1H3. The van der Waals surface area contributed by atoms with Gasteiger partial charge < -0.3 is 14.7 Å². The van der Waals surface area contributed by atoms with Gasteiger partial charge in [0.15, 0.2) is 0 Å². The molecule has 1 unspecified atom stereocenters. The van der Waals surface area contributed by atoms with Crippen LogP contribution in [0.1, 0.15) is 56.3 Å². The fourth-order valence-electron chi connectivity index (χ4n) is 3.98. The highest BCUT2D eigenvalue weighted by molar-refractivity contribution is 5.77. The maximum atomic E-state index is 12.8. The second-order valence-electron chi connectivity index (χ2n) is 7.40. The molecular formula is C19H29N3O3. The summed E-state index contributed by atoms with van der Waals surface area (Å²) in [6.45, 7) is 3.70. The van der Waals surface area contributed by atoms with Gasteiger partial charge in [-0.1, -0.05) is 19.3 Å². The Labute approximate surface area is 149 Å². The molecule has 1 aromatic rings. The number of aromatic nitrogens is 2. The van der Waals surface area contributed by atoms with Crippen molar-refractivity contribution < 1.29 is 14.6 Å². The first-order valence-corrected chi connectivity index (χ1v) is 9.43. The summed E-state index contributed by atoms with van der Waals surface area (Å²) in [7, 11) is 0. The molecule has 0 radical (unpaired) electrons. The molecular weight excluding hydrogens is 318 g/mol. The first-order valence-electron chi connectivity index (χ1n) is 9.43. The summed E-state index contributed by atoms with van der Waals surface area (Å²) in [5, 5.41) is 10.7.